The van der Waals surface area contributed by atoms with Crippen LogP contribution in [-0.4, -0.2) is 29.5 Å². The number of hydrogen-bond donors (Lipinski definition) is 2. The molecule has 2 rings (SSSR count). The van der Waals surface area contributed by atoms with Crippen molar-refractivity contribution in [3.63, 3.8) is 0 Å². The fourth-order valence-electron chi connectivity index (χ4n) is 1.50. The lowest BCUT2D eigenvalue weighted by Gasteiger charge is -2.15. The molecule has 0 aromatic heterocycles. The maximum atomic E-state index is 9.26. The average molecular weight is 292 g/mol. The molecule has 0 radical (unpaired) electrons. The Morgan fingerprint density at radius 1 is 1.35 bits per heavy atom. The van der Waals surface area contributed by atoms with Gasteiger partial charge in [-0.15, -0.1) is 11.8 Å². The van der Waals surface area contributed by atoms with E-state index in [0.29, 0.717) is 16.1 Å². The lowest BCUT2D eigenvalue weighted by atomic mass is 10.3. The van der Waals surface area contributed by atoms with Crippen LogP contribution in [0.1, 0.15) is 12.8 Å². The SMILES string of the molecule is OCC(CSc1ccc(Cl)c(Cl)c1)NC1CC1. The third-order valence-electron chi connectivity index (χ3n) is 2.61. The molecular weight excluding hydrogens is 277 g/mol. The Hall–Kier alpha value is 0.0700. The Morgan fingerprint density at radius 3 is 2.71 bits per heavy atom. The molecule has 1 aliphatic rings. The summed E-state index contributed by atoms with van der Waals surface area (Å²) in [6, 6.07) is 6.38. The summed E-state index contributed by atoms with van der Waals surface area (Å²) >= 11 is 13.5. The fourth-order valence-corrected chi connectivity index (χ4v) is 2.82. The van der Waals surface area contributed by atoms with Gasteiger partial charge in [-0.05, 0) is 31.0 Å². The molecule has 0 spiro atoms. The number of benzene rings is 1. The number of aliphatic hydroxyl groups is 1. The molecule has 1 aromatic carbocycles. The molecule has 0 aliphatic heterocycles. The van der Waals surface area contributed by atoms with Gasteiger partial charge in [-0.2, -0.15) is 0 Å². The van der Waals surface area contributed by atoms with E-state index in [1.165, 1.54) is 12.8 Å². The van der Waals surface area contributed by atoms with Crippen LogP contribution >= 0.6 is 35.0 Å². The molecular formula is C12H15Cl2NOS. The molecule has 0 amide bonds. The second-order valence-corrected chi connectivity index (χ2v) is 6.12. The summed E-state index contributed by atoms with van der Waals surface area (Å²) in [5.41, 5.74) is 0. The van der Waals surface area contributed by atoms with Gasteiger partial charge in [-0.25, -0.2) is 0 Å². The van der Waals surface area contributed by atoms with E-state index in [1.54, 1.807) is 17.8 Å². The lowest BCUT2D eigenvalue weighted by molar-refractivity contribution is 0.253. The Kier molecular flexibility index (Phi) is 5.00. The van der Waals surface area contributed by atoms with Crippen molar-refractivity contribution in [2.45, 2.75) is 29.8 Å². The van der Waals surface area contributed by atoms with Crippen LogP contribution in [0.5, 0.6) is 0 Å². The van der Waals surface area contributed by atoms with E-state index in [1.807, 2.05) is 12.1 Å². The molecule has 1 aliphatic carbocycles. The third kappa shape index (κ3) is 4.34. The van der Waals surface area contributed by atoms with E-state index in [4.69, 9.17) is 23.2 Å². The monoisotopic (exact) mass is 291 g/mol. The van der Waals surface area contributed by atoms with Gasteiger partial charge in [0.25, 0.3) is 0 Å². The molecule has 1 aromatic rings. The van der Waals surface area contributed by atoms with Crippen LogP contribution in [0.15, 0.2) is 23.1 Å². The molecule has 0 bridgehead atoms. The predicted molar refractivity (Wildman–Crippen MR) is 74.2 cm³/mol. The Bertz CT molecular complexity index is 385. The van der Waals surface area contributed by atoms with Crippen LogP contribution in [0.3, 0.4) is 0 Å². The van der Waals surface area contributed by atoms with Crippen molar-refractivity contribution in [1.29, 1.82) is 0 Å². The highest BCUT2D eigenvalue weighted by molar-refractivity contribution is 7.99. The number of aliphatic hydroxyl groups excluding tert-OH is 1. The van der Waals surface area contributed by atoms with E-state index in [-0.39, 0.29) is 12.6 Å². The fraction of sp³-hybridized carbons (Fsp3) is 0.500. The zero-order valence-corrected chi connectivity index (χ0v) is 11.7. The summed E-state index contributed by atoms with van der Waals surface area (Å²) in [5.74, 6) is 0.838. The molecule has 0 saturated heterocycles. The predicted octanol–water partition coefficient (Wildman–Crippen LogP) is 3.20. The number of halogens is 2. The van der Waals surface area contributed by atoms with Crippen molar-refractivity contribution < 1.29 is 5.11 Å². The van der Waals surface area contributed by atoms with Gasteiger partial charge in [-0.3, -0.25) is 0 Å². The van der Waals surface area contributed by atoms with Crippen molar-refractivity contribution in [3.8, 4) is 0 Å². The zero-order chi connectivity index (χ0) is 12.3. The number of nitrogens with one attached hydrogen (secondary N) is 1. The van der Waals surface area contributed by atoms with Crippen molar-refractivity contribution in [3.05, 3.63) is 28.2 Å². The molecule has 1 saturated carbocycles. The number of thioether (sulfide) groups is 1. The second-order valence-electron chi connectivity index (χ2n) is 4.21. The lowest BCUT2D eigenvalue weighted by Crippen LogP contribution is -2.36. The standard InChI is InChI=1S/C12H15Cl2NOS/c13-11-4-3-10(5-12(11)14)17-7-9(6-16)15-8-1-2-8/h3-5,8-9,15-16H,1-2,6-7H2. The first kappa shape index (κ1) is 13.5. The minimum Gasteiger partial charge on any atom is -0.395 e. The van der Waals surface area contributed by atoms with E-state index in [2.05, 4.69) is 5.32 Å². The molecule has 0 heterocycles. The van der Waals surface area contributed by atoms with Gasteiger partial charge in [0.15, 0.2) is 0 Å². The van der Waals surface area contributed by atoms with E-state index in [0.717, 1.165) is 10.6 Å². The summed E-state index contributed by atoms with van der Waals surface area (Å²) in [6.45, 7) is 0.171. The summed E-state index contributed by atoms with van der Waals surface area (Å²) < 4.78 is 0. The minimum absolute atomic E-state index is 0.155. The first-order valence-corrected chi connectivity index (χ1v) is 7.38. The third-order valence-corrected chi connectivity index (χ3v) is 4.51. The highest BCUT2D eigenvalue weighted by atomic mass is 35.5. The van der Waals surface area contributed by atoms with E-state index in [9.17, 15) is 5.11 Å². The summed E-state index contributed by atoms with van der Waals surface area (Å²) in [7, 11) is 0. The molecule has 1 atom stereocenters. The molecule has 2 nitrogen and oxygen atoms in total. The summed E-state index contributed by atoms with van der Waals surface area (Å²) in [4.78, 5) is 1.08. The summed E-state index contributed by atoms with van der Waals surface area (Å²) in [6.07, 6.45) is 2.46. The van der Waals surface area contributed by atoms with E-state index >= 15 is 0 Å². The van der Waals surface area contributed by atoms with Crippen LogP contribution in [-0.2, 0) is 0 Å². The van der Waals surface area contributed by atoms with Crippen LogP contribution in [0, 0.1) is 0 Å². The second kappa shape index (κ2) is 6.30. The zero-order valence-electron chi connectivity index (χ0n) is 9.33. The molecule has 17 heavy (non-hydrogen) atoms. The largest absolute Gasteiger partial charge is 0.395 e. The Labute approximate surface area is 116 Å². The molecule has 2 N–H and O–H groups in total. The number of hydrogen-bond acceptors (Lipinski definition) is 3. The molecule has 94 valence electrons. The summed E-state index contributed by atoms with van der Waals surface area (Å²) in [5, 5.41) is 13.8. The Balaban J connectivity index is 1.84. The van der Waals surface area contributed by atoms with Gasteiger partial charge in [0.05, 0.1) is 16.7 Å². The van der Waals surface area contributed by atoms with Crippen molar-refractivity contribution in [2.75, 3.05) is 12.4 Å². The van der Waals surface area contributed by atoms with Gasteiger partial charge in [0.1, 0.15) is 0 Å². The van der Waals surface area contributed by atoms with Crippen molar-refractivity contribution in [2.24, 2.45) is 0 Å². The highest BCUT2D eigenvalue weighted by Crippen LogP contribution is 2.28. The highest BCUT2D eigenvalue weighted by Gasteiger charge is 2.24. The first-order chi connectivity index (χ1) is 8.19. The average Bonchev–Trinajstić information content (AvgIpc) is 3.12. The van der Waals surface area contributed by atoms with Crippen molar-refractivity contribution >= 4 is 35.0 Å². The topological polar surface area (TPSA) is 32.3 Å². The van der Waals surface area contributed by atoms with Gasteiger partial charge < -0.3 is 10.4 Å². The van der Waals surface area contributed by atoms with Gasteiger partial charge in [0, 0.05) is 22.7 Å². The van der Waals surface area contributed by atoms with Gasteiger partial charge in [-0.1, -0.05) is 23.2 Å². The van der Waals surface area contributed by atoms with Crippen molar-refractivity contribution in [1.82, 2.24) is 5.32 Å². The maximum absolute atomic E-state index is 9.26. The quantitative estimate of drug-likeness (QED) is 0.790. The van der Waals surface area contributed by atoms with Crippen LogP contribution in [0.4, 0.5) is 0 Å². The van der Waals surface area contributed by atoms with Crippen LogP contribution in [0.2, 0.25) is 10.0 Å². The van der Waals surface area contributed by atoms with Crippen LogP contribution in [0.25, 0.3) is 0 Å². The molecule has 1 fully saturated rings. The molecule has 5 heteroatoms. The number of rotatable bonds is 6. The first-order valence-electron chi connectivity index (χ1n) is 5.64. The van der Waals surface area contributed by atoms with Gasteiger partial charge in [0.2, 0.25) is 0 Å². The normalized spacial score (nSPS) is 17.1. The Morgan fingerprint density at radius 2 is 2.12 bits per heavy atom. The van der Waals surface area contributed by atoms with Crippen LogP contribution < -0.4 is 5.32 Å². The molecule has 1 unspecified atom stereocenters. The minimum atomic E-state index is 0.155. The maximum Gasteiger partial charge on any atom is 0.0603 e. The van der Waals surface area contributed by atoms with E-state index < -0.39 is 0 Å². The van der Waals surface area contributed by atoms with Gasteiger partial charge >= 0.3 is 0 Å². The smallest absolute Gasteiger partial charge is 0.0603 e.